The Kier molecular flexibility index (Phi) is 5.59. The van der Waals surface area contributed by atoms with Gasteiger partial charge in [0.2, 0.25) is 5.91 Å². The molecule has 2 aromatic carbocycles. The van der Waals surface area contributed by atoms with Crippen molar-refractivity contribution in [3.8, 4) is 5.75 Å². The second-order valence-electron chi connectivity index (χ2n) is 7.26. The van der Waals surface area contributed by atoms with E-state index >= 15 is 0 Å². The second kappa shape index (κ2) is 8.31. The Morgan fingerprint density at radius 3 is 2.70 bits per heavy atom. The first kappa shape index (κ1) is 20.2. The van der Waals surface area contributed by atoms with Crippen molar-refractivity contribution < 1.29 is 14.3 Å². The molecule has 1 N–H and O–H groups in total. The molecule has 2 heterocycles. The Hall–Kier alpha value is -3.13. The van der Waals surface area contributed by atoms with Crippen LogP contribution in [0.4, 0.5) is 11.4 Å². The van der Waals surface area contributed by atoms with Gasteiger partial charge in [0, 0.05) is 5.56 Å². The third-order valence-electron chi connectivity index (χ3n) is 4.84. The largest absolute Gasteiger partial charge is 0.495 e. The van der Waals surface area contributed by atoms with E-state index in [0.29, 0.717) is 22.4 Å². The number of amides is 2. The molecule has 2 aliphatic heterocycles. The molecule has 4 rings (SSSR count). The van der Waals surface area contributed by atoms with Crippen LogP contribution in [-0.4, -0.2) is 46.6 Å². The van der Waals surface area contributed by atoms with Gasteiger partial charge in [-0.3, -0.25) is 14.6 Å². The van der Waals surface area contributed by atoms with Crippen LogP contribution in [0, 0.1) is 5.92 Å². The normalized spacial score (nSPS) is 17.3. The molecule has 0 bridgehead atoms. The van der Waals surface area contributed by atoms with Gasteiger partial charge in [-0.25, -0.2) is 9.89 Å². The number of anilines is 1. The summed E-state index contributed by atoms with van der Waals surface area (Å²) >= 11 is 1.22. The fourth-order valence-corrected chi connectivity index (χ4v) is 4.17. The number of carbonyl (C=O) groups is 2. The molecule has 1 unspecified atom stereocenters. The zero-order valence-corrected chi connectivity index (χ0v) is 17.8. The number of thioether (sulfide) groups is 1. The van der Waals surface area contributed by atoms with E-state index in [-0.39, 0.29) is 23.5 Å². The van der Waals surface area contributed by atoms with Gasteiger partial charge in [0.05, 0.1) is 24.2 Å². The van der Waals surface area contributed by atoms with E-state index in [1.807, 2.05) is 50.2 Å². The van der Waals surface area contributed by atoms with E-state index in [9.17, 15) is 9.59 Å². The fourth-order valence-electron chi connectivity index (χ4n) is 3.36. The summed E-state index contributed by atoms with van der Waals surface area (Å²) in [4.78, 5) is 36.4. The third kappa shape index (κ3) is 3.70. The number of carbonyl (C=O) groups excluding carboxylic acids is 2. The summed E-state index contributed by atoms with van der Waals surface area (Å²) in [5.74, 6) is 1.05. The topological polar surface area (TPSA) is 83.4 Å². The van der Waals surface area contributed by atoms with Gasteiger partial charge >= 0.3 is 0 Å². The maximum atomic E-state index is 13.0. The van der Waals surface area contributed by atoms with Crippen LogP contribution in [0.15, 0.2) is 58.5 Å². The van der Waals surface area contributed by atoms with E-state index in [0.717, 1.165) is 11.3 Å². The van der Waals surface area contributed by atoms with Crippen LogP contribution >= 0.6 is 11.8 Å². The molecular formula is C22H22N4O3S. The van der Waals surface area contributed by atoms with Crippen LogP contribution in [0.3, 0.4) is 0 Å². The molecule has 0 aromatic heterocycles. The van der Waals surface area contributed by atoms with E-state index in [4.69, 9.17) is 4.74 Å². The molecule has 8 heteroatoms. The molecule has 2 aromatic rings. The molecule has 2 amide bonds. The van der Waals surface area contributed by atoms with E-state index in [1.165, 1.54) is 11.8 Å². The van der Waals surface area contributed by atoms with Crippen molar-refractivity contribution in [2.45, 2.75) is 19.9 Å². The molecule has 2 aliphatic rings. The number of nitrogens with zero attached hydrogens (tertiary/aromatic N) is 3. The molecule has 0 saturated heterocycles. The van der Waals surface area contributed by atoms with Crippen molar-refractivity contribution in [3.05, 3.63) is 54.1 Å². The number of amidine groups is 2. The van der Waals surface area contributed by atoms with E-state index in [1.54, 1.807) is 24.1 Å². The minimum atomic E-state index is -0.445. The van der Waals surface area contributed by atoms with Gasteiger partial charge in [-0.05, 0) is 30.2 Å². The molecule has 0 aliphatic carbocycles. The number of para-hydroxylation sites is 3. The minimum Gasteiger partial charge on any atom is -0.495 e. The Bertz CT molecular complexity index is 1060. The fraction of sp³-hybridized carbons (Fsp3) is 0.273. The van der Waals surface area contributed by atoms with Crippen molar-refractivity contribution in [1.29, 1.82) is 0 Å². The van der Waals surface area contributed by atoms with Crippen molar-refractivity contribution in [2.24, 2.45) is 15.9 Å². The van der Waals surface area contributed by atoms with E-state index in [2.05, 4.69) is 15.3 Å². The highest BCUT2D eigenvalue weighted by atomic mass is 32.2. The zero-order valence-electron chi connectivity index (χ0n) is 17.0. The standard InChI is InChI=1S/C22H22N4O3S/c1-13(2)19-21(28)26-20(25-19)14-8-4-5-9-15(14)24-22(26)30-12-18(27)23-16-10-6-7-11-17(16)29-3/h4-11,13,19H,12H2,1-3H3,(H,23,27). The van der Waals surface area contributed by atoms with Crippen LogP contribution in [0.1, 0.15) is 19.4 Å². The number of ether oxygens (including phenoxy) is 1. The number of benzene rings is 2. The highest BCUT2D eigenvalue weighted by molar-refractivity contribution is 8.14. The molecule has 30 heavy (non-hydrogen) atoms. The van der Waals surface area contributed by atoms with Gasteiger partial charge in [-0.2, -0.15) is 0 Å². The summed E-state index contributed by atoms with van der Waals surface area (Å²) in [6.45, 7) is 3.95. The van der Waals surface area contributed by atoms with Gasteiger partial charge in [0.1, 0.15) is 17.6 Å². The van der Waals surface area contributed by atoms with Crippen molar-refractivity contribution in [1.82, 2.24) is 4.90 Å². The van der Waals surface area contributed by atoms with Gasteiger partial charge in [-0.15, -0.1) is 0 Å². The minimum absolute atomic E-state index is 0.0721. The van der Waals surface area contributed by atoms with Gasteiger partial charge in [-0.1, -0.05) is 49.9 Å². The average molecular weight is 423 g/mol. The summed E-state index contributed by atoms with van der Waals surface area (Å²) in [6.07, 6.45) is 0. The Morgan fingerprint density at radius 2 is 1.93 bits per heavy atom. The first-order valence-electron chi connectivity index (χ1n) is 9.65. The number of hydrogen-bond donors (Lipinski definition) is 1. The number of hydrogen-bond acceptors (Lipinski definition) is 6. The molecular weight excluding hydrogens is 400 g/mol. The SMILES string of the molecule is COc1ccccc1NC(=O)CSC1=Nc2ccccc2C2=NC(C(C)C)C(=O)N12. The molecule has 0 fully saturated rings. The van der Waals surface area contributed by atoms with Crippen molar-refractivity contribution in [2.75, 3.05) is 18.2 Å². The van der Waals surface area contributed by atoms with Crippen molar-refractivity contribution >= 4 is 46.0 Å². The lowest BCUT2D eigenvalue weighted by Crippen LogP contribution is -2.42. The second-order valence-corrected chi connectivity index (χ2v) is 8.21. The summed E-state index contributed by atoms with van der Waals surface area (Å²) < 4.78 is 5.27. The van der Waals surface area contributed by atoms with Gasteiger partial charge in [0.15, 0.2) is 5.17 Å². The number of methoxy groups -OCH3 is 1. The number of nitrogens with one attached hydrogen (secondary N) is 1. The van der Waals surface area contributed by atoms with Crippen LogP contribution in [0.2, 0.25) is 0 Å². The number of aliphatic imine (C=N–C) groups is 2. The maximum Gasteiger partial charge on any atom is 0.259 e. The average Bonchev–Trinajstić information content (AvgIpc) is 3.10. The molecule has 0 saturated carbocycles. The Balaban J connectivity index is 1.55. The van der Waals surface area contributed by atoms with Crippen LogP contribution in [0.5, 0.6) is 5.75 Å². The number of fused-ring (bicyclic) bond motifs is 3. The molecule has 1 atom stereocenters. The summed E-state index contributed by atoms with van der Waals surface area (Å²) in [7, 11) is 1.55. The highest BCUT2D eigenvalue weighted by Gasteiger charge is 2.42. The lowest BCUT2D eigenvalue weighted by Gasteiger charge is -2.25. The third-order valence-corrected chi connectivity index (χ3v) is 5.78. The van der Waals surface area contributed by atoms with Gasteiger partial charge in [0.25, 0.3) is 5.91 Å². The predicted octanol–water partition coefficient (Wildman–Crippen LogP) is 3.68. The first-order chi connectivity index (χ1) is 14.5. The van der Waals surface area contributed by atoms with E-state index < -0.39 is 6.04 Å². The van der Waals surface area contributed by atoms with Crippen molar-refractivity contribution in [3.63, 3.8) is 0 Å². The first-order valence-corrected chi connectivity index (χ1v) is 10.6. The molecule has 154 valence electrons. The molecule has 7 nitrogen and oxygen atoms in total. The van der Waals surface area contributed by atoms with Crippen LogP contribution < -0.4 is 10.1 Å². The lowest BCUT2D eigenvalue weighted by atomic mass is 10.1. The Labute approximate surface area is 179 Å². The zero-order chi connectivity index (χ0) is 21.3. The number of rotatable bonds is 5. The van der Waals surface area contributed by atoms with Gasteiger partial charge < -0.3 is 10.1 Å². The monoisotopic (exact) mass is 422 g/mol. The summed E-state index contributed by atoms with van der Waals surface area (Å²) in [5, 5.41) is 3.31. The Morgan fingerprint density at radius 1 is 1.20 bits per heavy atom. The summed E-state index contributed by atoms with van der Waals surface area (Å²) in [5.41, 5.74) is 2.18. The highest BCUT2D eigenvalue weighted by Crippen LogP contribution is 2.34. The molecule has 0 radical (unpaired) electrons. The predicted molar refractivity (Wildman–Crippen MR) is 120 cm³/mol. The summed E-state index contributed by atoms with van der Waals surface area (Å²) in [6, 6.07) is 14.4. The van der Waals surface area contributed by atoms with Crippen LogP contribution in [-0.2, 0) is 9.59 Å². The smallest absolute Gasteiger partial charge is 0.259 e. The quantitative estimate of drug-likeness (QED) is 0.797. The lowest BCUT2D eigenvalue weighted by molar-refractivity contribution is -0.125. The maximum absolute atomic E-state index is 13.0. The van der Waals surface area contributed by atoms with Crippen LogP contribution in [0.25, 0.3) is 0 Å². The molecule has 0 spiro atoms.